The highest BCUT2D eigenvalue weighted by Crippen LogP contribution is 2.36. The van der Waals surface area contributed by atoms with Gasteiger partial charge in [-0.25, -0.2) is 0 Å². The molecule has 30 heavy (non-hydrogen) atoms. The first kappa shape index (κ1) is 21.4. The Kier molecular flexibility index (Phi) is 6.79. The first-order valence-corrected chi connectivity index (χ1v) is 9.71. The number of hydrogen-bond donors (Lipinski definition) is 1. The first-order chi connectivity index (χ1) is 14.4. The Hall–Kier alpha value is -3.26. The molecule has 1 aliphatic rings. The number of para-hydroxylation sites is 2. The Morgan fingerprint density at radius 2 is 1.93 bits per heavy atom. The maximum absolute atomic E-state index is 12.6. The molecule has 0 aliphatic carbocycles. The van der Waals surface area contributed by atoms with Crippen LogP contribution in [0.3, 0.4) is 0 Å². The van der Waals surface area contributed by atoms with Gasteiger partial charge in [-0.05, 0) is 51.4 Å². The molecule has 1 unspecified atom stereocenters. The van der Waals surface area contributed by atoms with Crippen molar-refractivity contribution in [3.63, 3.8) is 0 Å². The number of hydrogen-bond acceptors (Lipinski definition) is 6. The second-order valence-electron chi connectivity index (χ2n) is 7.22. The van der Waals surface area contributed by atoms with E-state index in [1.165, 1.54) is 0 Å². The van der Waals surface area contributed by atoms with Crippen molar-refractivity contribution in [2.24, 2.45) is 0 Å². The third kappa shape index (κ3) is 5.01. The number of carbonyl (C=O) groups is 2. The van der Waals surface area contributed by atoms with Gasteiger partial charge in [0.1, 0.15) is 5.75 Å². The predicted octanol–water partition coefficient (Wildman–Crippen LogP) is 2.39. The van der Waals surface area contributed by atoms with Crippen molar-refractivity contribution in [1.82, 2.24) is 4.90 Å². The minimum atomic E-state index is -0.547. The molecule has 2 amide bonds. The summed E-state index contributed by atoms with van der Waals surface area (Å²) in [6.07, 6.45) is -0.547. The summed E-state index contributed by atoms with van der Waals surface area (Å²) in [5, 5.41) is 2.80. The Morgan fingerprint density at radius 3 is 2.63 bits per heavy atom. The number of nitrogens with one attached hydrogen (secondary N) is 1. The van der Waals surface area contributed by atoms with Crippen LogP contribution in [0.4, 0.5) is 11.4 Å². The topological polar surface area (TPSA) is 80.3 Å². The minimum absolute atomic E-state index is 0.104. The highest BCUT2D eigenvalue weighted by Gasteiger charge is 2.31. The summed E-state index contributed by atoms with van der Waals surface area (Å²) < 4.78 is 16.5. The number of anilines is 2. The Bertz CT molecular complexity index is 915. The summed E-state index contributed by atoms with van der Waals surface area (Å²) in [6, 6.07) is 12.4. The molecule has 3 rings (SSSR count). The van der Waals surface area contributed by atoms with Gasteiger partial charge in [-0.3, -0.25) is 9.59 Å². The molecular weight excluding hydrogens is 386 g/mol. The number of methoxy groups -OCH3 is 1. The number of carbonyl (C=O) groups excluding carboxylic acids is 2. The summed E-state index contributed by atoms with van der Waals surface area (Å²) in [5.74, 6) is 1.23. The van der Waals surface area contributed by atoms with Crippen molar-refractivity contribution in [1.29, 1.82) is 0 Å². The van der Waals surface area contributed by atoms with Gasteiger partial charge >= 0.3 is 0 Å². The number of benzene rings is 2. The van der Waals surface area contributed by atoms with Gasteiger partial charge in [0, 0.05) is 18.8 Å². The highest BCUT2D eigenvalue weighted by atomic mass is 16.5. The molecule has 1 N–H and O–H groups in total. The lowest BCUT2D eigenvalue weighted by molar-refractivity contribution is -0.125. The number of amides is 2. The number of nitrogens with zero attached hydrogens (tertiary/aromatic N) is 2. The molecule has 0 saturated carbocycles. The fraction of sp³-hybridized carbons (Fsp3) is 0.364. The summed E-state index contributed by atoms with van der Waals surface area (Å²) in [5.41, 5.74) is 1.20. The molecule has 1 atom stereocenters. The lowest BCUT2D eigenvalue weighted by atomic mass is 10.1. The van der Waals surface area contributed by atoms with E-state index >= 15 is 0 Å². The van der Waals surface area contributed by atoms with Crippen LogP contribution in [0.5, 0.6) is 17.2 Å². The third-order valence-corrected chi connectivity index (χ3v) is 4.65. The van der Waals surface area contributed by atoms with Crippen LogP contribution in [0.15, 0.2) is 42.5 Å². The van der Waals surface area contributed by atoms with E-state index < -0.39 is 6.10 Å². The van der Waals surface area contributed by atoms with Gasteiger partial charge in [0.05, 0.1) is 12.8 Å². The molecule has 0 bridgehead atoms. The van der Waals surface area contributed by atoms with Crippen LogP contribution >= 0.6 is 0 Å². The van der Waals surface area contributed by atoms with Crippen molar-refractivity contribution in [2.45, 2.75) is 13.0 Å². The zero-order valence-electron chi connectivity index (χ0n) is 17.7. The molecule has 2 aromatic rings. The molecule has 1 aliphatic heterocycles. The minimum Gasteiger partial charge on any atom is -0.493 e. The van der Waals surface area contributed by atoms with Crippen molar-refractivity contribution in [3.8, 4) is 17.2 Å². The zero-order valence-corrected chi connectivity index (χ0v) is 17.7. The van der Waals surface area contributed by atoms with Crippen LogP contribution in [0, 0.1) is 0 Å². The molecule has 0 radical (unpaired) electrons. The molecule has 1 heterocycles. The SMILES string of the molecule is COc1ccccc1OCC(=O)Nc1ccc2c(c1)N(CCN(C)C)C(=O)C(C)O2. The molecule has 8 heteroatoms. The van der Waals surface area contributed by atoms with Gasteiger partial charge in [-0.1, -0.05) is 12.1 Å². The molecule has 2 aromatic carbocycles. The largest absolute Gasteiger partial charge is 0.493 e. The van der Waals surface area contributed by atoms with E-state index in [1.807, 2.05) is 25.1 Å². The van der Waals surface area contributed by atoms with Crippen molar-refractivity contribution in [2.75, 3.05) is 51.1 Å². The number of ether oxygens (including phenoxy) is 3. The Balaban J connectivity index is 1.70. The van der Waals surface area contributed by atoms with Gasteiger partial charge in [0.25, 0.3) is 11.8 Å². The van der Waals surface area contributed by atoms with E-state index in [2.05, 4.69) is 5.32 Å². The van der Waals surface area contributed by atoms with E-state index in [1.54, 1.807) is 55.3 Å². The maximum Gasteiger partial charge on any atom is 0.267 e. The van der Waals surface area contributed by atoms with E-state index in [9.17, 15) is 9.59 Å². The van der Waals surface area contributed by atoms with Crippen LogP contribution < -0.4 is 24.4 Å². The normalized spacial score (nSPS) is 15.4. The fourth-order valence-corrected chi connectivity index (χ4v) is 3.09. The second-order valence-corrected chi connectivity index (χ2v) is 7.22. The third-order valence-electron chi connectivity index (χ3n) is 4.65. The van der Waals surface area contributed by atoms with Gasteiger partial charge in [-0.2, -0.15) is 0 Å². The van der Waals surface area contributed by atoms with Gasteiger partial charge < -0.3 is 29.3 Å². The summed E-state index contributed by atoms with van der Waals surface area (Å²) in [6.45, 7) is 2.80. The molecule has 0 aromatic heterocycles. The van der Waals surface area contributed by atoms with Crippen LogP contribution in [0.25, 0.3) is 0 Å². The Morgan fingerprint density at radius 1 is 1.20 bits per heavy atom. The fourth-order valence-electron chi connectivity index (χ4n) is 3.09. The smallest absolute Gasteiger partial charge is 0.267 e. The number of likely N-dealkylation sites (N-methyl/N-ethyl adjacent to an activating group) is 1. The van der Waals surface area contributed by atoms with Crippen LogP contribution in [0.1, 0.15) is 6.92 Å². The van der Waals surface area contributed by atoms with Gasteiger partial charge in [-0.15, -0.1) is 0 Å². The van der Waals surface area contributed by atoms with E-state index in [-0.39, 0.29) is 18.4 Å². The highest BCUT2D eigenvalue weighted by molar-refractivity contribution is 6.01. The molecule has 0 saturated heterocycles. The van der Waals surface area contributed by atoms with Crippen molar-refractivity contribution < 1.29 is 23.8 Å². The second kappa shape index (κ2) is 9.49. The van der Waals surface area contributed by atoms with E-state index in [0.29, 0.717) is 41.7 Å². The standard InChI is InChI=1S/C22H27N3O5/c1-15-22(27)25(12-11-24(2)3)17-13-16(9-10-18(17)30-15)23-21(26)14-29-20-8-6-5-7-19(20)28-4/h5-10,13,15H,11-12,14H2,1-4H3,(H,23,26). The molecule has 160 valence electrons. The summed E-state index contributed by atoms with van der Waals surface area (Å²) in [4.78, 5) is 28.7. The quantitative estimate of drug-likeness (QED) is 0.716. The van der Waals surface area contributed by atoms with Crippen LogP contribution in [-0.2, 0) is 9.59 Å². The van der Waals surface area contributed by atoms with Gasteiger partial charge in [0.2, 0.25) is 0 Å². The first-order valence-electron chi connectivity index (χ1n) is 9.71. The van der Waals surface area contributed by atoms with Crippen LogP contribution in [-0.4, -0.2) is 63.7 Å². The zero-order chi connectivity index (χ0) is 21.7. The Labute approximate surface area is 176 Å². The maximum atomic E-state index is 12.6. The average molecular weight is 413 g/mol. The molecular formula is C22H27N3O5. The van der Waals surface area contributed by atoms with E-state index in [4.69, 9.17) is 14.2 Å². The molecule has 0 spiro atoms. The van der Waals surface area contributed by atoms with Crippen molar-refractivity contribution in [3.05, 3.63) is 42.5 Å². The lowest BCUT2D eigenvalue weighted by Crippen LogP contribution is -2.46. The van der Waals surface area contributed by atoms with Gasteiger partial charge in [0.15, 0.2) is 24.2 Å². The molecule has 8 nitrogen and oxygen atoms in total. The summed E-state index contributed by atoms with van der Waals surface area (Å²) >= 11 is 0. The monoisotopic (exact) mass is 413 g/mol. The predicted molar refractivity (Wildman–Crippen MR) is 115 cm³/mol. The lowest BCUT2D eigenvalue weighted by Gasteiger charge is -2.34. The van der Waals surface area contributed by atoms with E-state index in [0.717, 1.165) is 0 Å². The number of rotatable bonds is 8. The number of fused-ring (bicyclic) bond motifs is 1. The molecule has 0 fully saturated rings. The summed E-state index contributed by atoms with van der Waals surface area (Å²) in [7, 11) is 5.45. The van der Waals surface area contributed by atoms with Crippen LogP contribution in [0.2, 0.25) is 0 Å². The van der Waals surface area contributed by atoms with Crippen molar-refractivity contribution >= 4 is 23.2 Å². The average Bonchev–Trinajstić information content (AvgIpc) is 2.73.